The summed E-state index contributed by atoms with van der Waals surface area (Å²) in [4.78, 5) is 0.754. The maximum atomic E-state index is 5.78. The van der Waals surface area contributed by atoms with E-state index in [1.165, 1.54) is 16.9 Å². The molecule has 2 aromatic heterocycles. The minimum Gasteiger partial charge on any atom is -0.497 e. The van der Waals surface area contributed by atoms with Crippen molar-refractivity contribution in [2.75, 3.05) is 7.11 Å². The minimum atomic E-state index is 0.383. The zero-order valence-corrected chi connectivity index (χ0v) is 14.7. The number of nitrogens with zero attached hydrogens (tertiary/aromatic N) is 4. The lowest BCUT2D eigenvalue weighted by molar-refractivity contribution is 0.303. The van der Waals surface area contributed by atoms with E-state index in [9.17, 15) is 0 Å². The number of fused-ring (bicyclic) bond motifs is 1. The Morgan fingerprint density at radius 2 is 1.68 bits per heavy atom. The Morgan fingerprint density at radius 3 is 2.40 bits per heavy atom. The number of aromatic nitrogens is 4. The van der Waals surface area contributed by atoms with E-state index in [-0.39, 0.29) is 0 Å². The molecule has 0 amide bonds. The molecule has 0 aliphatic rings. The normalized spacial score (nSPS) is 11.0. The smallest absolute Gasteiger partial charge is 0.235 e. The van der Waals surface area contributed by atoms with E-state index in [2.05, 4.69) is 34.4 Å². The van der Waals surface area contributed by atoms with Gasteiger partial charge in [0, 0.05) is 5.56 Å². The van der Waals surface area contributed by atoms with Crippen LogP contribution in [0.15, 0.2) is 48.5 Å². The monoisotopic (exact) mass is 352 g/mol. The molecule has 0 saturated heterocycles. The van der Waals surface area contributed by atoms with E-state index in [1.54, 1.807) is 11.6 Å². The Labute approximate surface area is 148 Å². The Morgan fingerprint density at radius 1 is 0.960 bits per heavy atom. The molecule has 0 unspecified atom stereocenters. The first-order valence-corrected chi connectivity index (χ1v) is 8.59. The fraction of sp³-hybridized carbons (Fsp3) is 0.167. The van der Waals surface area contributed by atoms with Crippen molar-refractivity contribution in [1.29, 1.82) is 0 Å². The standard InChI is InChI=1S/C18H16N4O2S/c1-12-3-5-13(6-4-12)17-19-20-18-22(17)21-16(25-18)11-24-15-9-7-14(23-2)8-10-15/h3-10H,11H2,1-2H3. The molecule has 6 nitrogen and oxygen atoms in total. The molecule has 0 spiro atoms. The van der Waals surface area contributed by atoms with Crippen molar-refractivity contribution in [3.8, 4) is 22.9 Å². The molecule has 4 rings (SSSR count). The van der Waals surface area contributed by atoms with E-state index in [4.69, 9.17) is 9.47 Å². The Bertz CT molecular complexity index is 990. The summed E-state index contributed by atoms with van der Waals surface area (Å²) < 4.78 is 12.7. The Hall–Kier alpha value is -2.93. The predicted molar refractivity (Wildman–Crippen MR) is 96.2 cm³/mol. The van der Waals surface area contributed by atoms with Gasteiger partial charge >= 0.3 is 0 Å². The molecule has 4 aromatic rings. The highest BCUT2D eigenvalue weighted by molar-refractivity contribution is 7.16. The van der Waals surface area contributed by atoms with Crippen molar-refractivity contribution in [2.45, 2.75) is 13.5 Å². The lowest BCUT2D eigenvalue weighted by atomic mass is 10.1. The first-order chi connectivity index (χ1) is 12.2. The largest absolute Gasteiger partial charge is 0.497 e. The molecule has 7 heteroatoms. The van der Waals surface area contributed by atoms with Gasteiger partial charge in [0.2, 0.25) is 4.96 Å². The third-order valence-electron chi connectivity index (χ3n) is 3.76. The summed E-state index contributed by atoms with van der Waals surface area (Å²) in [5.74, 6) is 2.31. The molecule has 0 atom stereocenters. The molecule has 2 aromatic carbocycles. The van der Waals surface area contributed by atoms with Crippen LogP contribution in [0, 0.1) is 6.92 Å². The highest BCUT2D eigenvalue weighted by atomic mass is 32.1. The van der Waals surface area contributed by atoms with E-state index in [1.807, 2.05) is 36.4 Å². The van der Waals surface area contributed by atoms with Gasteiger partial charge in [-0.25, -0.2) is 0 Å². The number of rotatable bonds is 5. The topological polar surface area (TPSA) is 61.5 Å². The molecule has 0 bridgehead atoms. The summed E-state index contributed by atoms with van der Waals surface area (Å²) in [5, 5.41) is 13.9. The molecule has 0 saturated carbocycles. The summed E-state index contributed by atoms with van der Waals surface area (Å²) in [5.41, 5.74) is 2.20. The second-order valence-corrected chi connectivity index (χ2v) is 6.58. The average molecular weight is 352 g/mol. The van der Waals surface area contributed by atoms with Crippen LogP contribution in [0.3, 0.4) is 0 Å². The molecule has 126 valence electrons. The first-order valence-electron chi connectivity index (χ1n) is 7.78. The number of ether oxygens (including phenoxy) is 2. The highest BCUT2D eigenvalue weighted by Gasteiger charge is 2.13. The molecule has 0 N–H and O–H groups in total. The molecular formula is C18H16N4O2S. The lowest BCUT2D eigenvalue weighted by Crippen LogP contribution is -1.97. The van der Waals surface area contributed by atoms with E-state index in [0.717, 1.165) is 32.9 Å². The fourth-order valence-corrected chi connectivity index (χ4v) is 3.16. The minimum absolute atomic E-state index is 0.383. The molecule has 0 fully saturated rings. The molecule has 0 aliphatic carbocycles. The lowest BCUT2D eigenvalue weighted by Gasteiger charge is -2.04. The number of hydrogen-bond donors (Lipinski definition) is 0. The van der Waals surface area contributed by atoms with Crippen LogP contribution in [0.4, 0.5) is 0 Å². The van der Waals surface area contributed by atoms with E-state index >= 15 is 0 Å². The number of hydrogen-bond acceptors (Lipinski definition) is 6. The van der Waals surface area contributed by atoms with Gasteiger partial charge in [0.15, 0.2) is 10.8 Å². The Kier molecular flexibility index (Phi) is 4.07. The van der Waals surface area contributed by atoms with Crippen LogP contribution in [-0.2, 0) is 6.61 Å². The van der Waals surface area contributed by atoms with Crippen molar-refractivity contribution in [2.24, 2.45) is 0 Å². The van der Waals surface area contributed by atoms with Gasteiger partial charge in [-0.3, -0.25) is 0 Å². The summed E-state index contributed by atoms with van der Waals surface area (Å²) in [7, 11) is 1.64. The van der Waals surface area contributed by atoms with Gasteiger partial charge in [0.1, 0.15) is 18.1 Å². The summed E-state index contributed by atoms with van der Waals surface area (Å²) in [6.07, 6.45) is 0. The zero-order chi connectivity index (χ0) is 17.2. The van der Waals surface area contributed by atoms with Gasteiger partial charge in [-0.15, -0.1) is 10.2 Å². The first kappa shape index (κ1) is 15.6. The molecular weight excluding hydrogens is 336 g/mol. The van der Waals surface area contributed by atoms with Crippen LogP contribution in [0.1, 0.15) is 10.6 Å². The van der Waals surface area contributed by atoms with Crippen molar-refractivity contribution in [3.05, 3.63) is 59.1 Å². The van der Waals surface area contributed by atoms with E-state index in [0.29, 0.717) is 6.61 Å². The van der Waals surface area contributed by atoms with Crippen LogP contribution in [0.25, 0.3) is 16.3 Å². The molecule has 0 radical (unpaired) electrons. The van der Waals surface area contributed by atoms with Gasteiger partial charge in [-0.1, -0.05) is 41.2 Å². The summed E-state index contributed by atoms with van der Waals surface area (Å²) in [6.45, 7) is 2.44. The van der Waals surface area contributed by atoms with Gasteiger partial charge in [-0.05, 0) is 31.2 Å². The van der Waals surface area contributed by atoms with Crippen LogP contribution in [0.2, 0.25) is 0 Å². The van der Waals surface area contributed by atoms with Gasteiger partial charge in [0.05, 0.1) is 7.11 Å². The fourth-order valence-electron chi connectivity index (χ4n) is 2.41. The third-order valence-corrected chi connectivity index (χ3v) is 4.64. The number of benzene rings is 2. The van der Waals surface area contributed by atoms with Crippen LogP contribution in [0.5, 0.6) is 11.5 Å². The van der Waals surface area contributed by atoms with Gasteiger partial charge in [-0.2, -0.15) is 9.61 Å². The third kappa shape index (κ3) is 3.18. The molecule has 25 heavy (non-hydrogen) atoms. The summed E-state index contributed by atoms with van der Waals surface area (Å²) >= 11 is 1.47. The SMILES string of the molecule is COc1ccc(OCc2nn3c(-c4ccc(C)cc4)nnc3s2)cc1. The van der Waals surface area contributed by atoms with Gasteiger partial charge in [0.25, 0.3) is 0 Å². The van der Waals surface area contributed by atoms with Crippen molar-refractivity contribution in [3.63, 3.8) is 0 Å². The van der Waals surface area contributed by atoms with Crippen molar-refractivity contribution < 1.29 is 9.47 Å². The van der Waals surface area contributed by atoms with Crippen LogP contribution < -0.4 is 9.47 Å². The predicted octanol–water partition coefficient (Wildman–Crippen LogP) is 3.75. The zero-order valence-electron chi connectivity index (χ0n) is 13.8. The Balaban J connectivity index is 1.54. The maximum absolute atomic E-state index is 5.78. The number of methoxy groups -OCH3 is 1. The molecule has 0 aliphatic heterocycles. The average Bonchev–Trinajstić information content (AvgIpc) is 3.21. The van der Waals surface area contributed by atoms with Crippen molar-refractivity contribution >= 4 is 16.3 Å². The van der Waals surface area contributed by atoms with Crippen LogP contribution >= 0.6 is 11.3 Å². The van der Waals surface area contributed by atoms with Gasteiger partial charge < -0.3 is 9.47 Å². The van der Waals surface area contributed by atoms with Crippen LogP contribution in [-0.4, -0.2) is 26.9 Å². The quantitative estimate of drug-likeness (QED) is 0.547. The maximum Gasteiger partial charge on any atom is 0.235 e. The second kappa shape index (κ2) is 6.52. The summed E-state index contributed by atoms with van der Waals surface area (Å²) in [6, 6.07) is 15.6. The number of aryl methyl sites for hydroxylation is 1. The van der Waals surface area contributed by atoms with E-state index < -0.39 is 0 Å². The second-order valence-electron chi connectivity index (χ2n) is 5.54. The molecule has 2 heterocycles. The highest BCUT2D eigenvalue weighted by Crippen LogP contribution is 2.23. The van der Waals surface area contributed by atoms with Crippen molar-refractivity contribution in [1.82, 2.24) is 19.8 Å².